The number of amides is 2. The molecular weight excluding hydrogens is 300 g/mol. The fourth-order valence-electron chi connectivity index (χ4n) is 2.33. The molecule has 0 saturated heterocycles. The Kier molecular flexibility index (Phi) is 4.88. The van der Waals surface area contributed by atoms with Crippen molar-refractivity contribution in [2.75, 3.05) is 5.32 Å². The molecule has 3 N–H and O–H groups in total. The number of aliphatic carboxylic acids is 1. The first-order chi connectivity index (χ1) is 10.8. The highest BCUT2D eigenvalue weighted by Crippen LogP contribution is 2.33. The maximum atomic E-state index is 12.4. The Hall–Kier alpha value is -2.57. The Balaban J connectivity index is 2.25. The van der Waals surface area contributed by atoms with Crippen molar-refractivity contribution in [3.8, 4) is 5.75 Å². The number of anilines is 1. The Bertz CT molecular complexity index is 641. The first kappa shape index (κ1) is 16.8. The Labute approximate surface area is 134 Å². The van der Waals surface area contributed by atoms with E-state index in [0.717, 1.165) is 0 Å². The van der Waals surface area contributed by atoms with E-state index in [1.54, 1.807) is 19.1 Å². The lowest BCUT2D eigenvalue weighted by Gasteiger charge is -2.25. The number of benzene rings is 1. The molecule has 1 heterocycles. The van der Waals surface area contributed by atoms with Crippen LogP contribution >= 0.6 is 0 Å². The molecule has 0 radical (unpaired) electrons. The molecule has 1 aliphatic heterocycles. The summed E-state index contributed by atoms with van der Waals surface area (Å²) in [6.07, 6.45) is -0.397. The van der Waals surface area contributed by atoms with Gasteiger partial charge in [0.05, 0.1) is 11.3 Å². The second-order valence-corrected chi connectivity index (χ2v) is 5.93. The van der Waals surface area contributed by atoms with Crippen molar-refractivity contribution in [3.63, 3.8) is 0 Å². The summed E-state index contributed by atoms with van der Waals surface area (Å²) in [5.41, 5.74) is 0.598. The van der Waals surface area contributed by atoms with E-state index in [-0.39, 0.29) is 23.1 Å². The second-order valence-electron chi connectivity index (χ2n) is 5.93. The van der Waals surface area contributed by atoms with E-state index in [1.165, 1.54) is 6.07 Å². The molecular formula is C16H20N2O5. The minimum absolute atomic E-state index is 0.122. The average Bonchev–Trinajstić information content (AvgIpc) is 2.46. The monoisotopic (exact) mass is 320 g/mol. The zero-order chi connectivity index (χ0) is 17.1. The van der Waals surface area contributed by atoms with Crippen LogP contribution in [0.25, 0.3) is 0 Å². The highest BCUT2D eigenvalue weighted by molar-refractivity contribution is 6.04. The van der Waals surface area contributed by atoms with Gasteiger partial charge in [-0.2, -0.15) is 0 Å². The number of rotatable bonds is 5. The Morgan fingerprint density at radius 1 is 1.39 bits per heavy atom. The van der Waals surface area contributed by atoms with Gasteiger partial charge in [-0.25, -0.2) is 4.79 Å². The second kappa shape index (κ2) is 6.68. The molecule has 1 unspecified atom stereocenters. The van der Waals surface area contributed by atoms with E-state index in [4.69, 9.17) is 4.74 Å². The third-order valence-electron chi connectivity index (χ3n) is 3.49. The van der Waals surface area contributed by atoms with E-state index < -0.39 is 24.0 Å². The molecule has 1 aromatic rings. The van der Waals surface area contributed by atoms with Gasteiger partial charge in [-0.3, -0.25) is 9.59 Å². The van der Waals surface area contributed by atoms with Crippen LogP contribution in [0.4, 0.5) is 5.69 Å². The van der Waals surface area contributed by atoms with Crippen LogP contribution in [-0.4, -0.2) is 35.0 Å². The molecule has 0 bridgehead atoms. The van der Waals surface area contributed by atoms with Gasteiger partial charge in [-0.1, -0.05) is 19.9 Å². The van der Waals surface area contributed by atoms with Crippen LogP contribution in [0.1, 0.15) is 37.6 Å². The summed E-state index contributed by atoms with van der Waals surface area (Å²) in [7, 11) is 0. The number of carbonyl (C=O) groups excluding carboxylic acids is 2. The summed E-state index contributed by atoms with van der Waals surface area (Å²) < 4.78 is 5.50. The highest BCUT2D eigenvalue weighted by Gasteiger charge is 2.29. The molecule has 2 rings (SSSR count). The SMILES string of the molecule is CC(C)C[C@@H](NC(=O)c1cccc2c1OC(C)C(=O)N2)C(=O)O. The van der Waals surface area contributed by atoms with Gasteiger partial charge in [-0.15, -0.1) is 0 Å². The molecule has 23 heavy (non-hydrogen) atoms. The molecule has 1 aromatic carbocycles. The van der Waals surface area contributed by atoms with Crippen LogP contribution in [-0.2, 0) is 9.59 Å². The number of carbonyl (C=O) groups is 3. The fourth-order valence-corrected chi connectivity index (χ4v) is 2.33. The third-order valence-corrected chi connectivity index (χ3v) is 3.49. The van der Waals surface area contributed by atoms with Crippen LogP contribution in [0.5, 0.6) is 5.75 Å². The lowest BCUT2D eigenvalue weighted by Crippen LogP contribution is -2.42. The number of para-hydroxylation sites is 1. The molecule has 0 aliphatic carbocycles. The fraction of sp³-hybridized carbons (Fsp3) is 0.438. The third kappa shape index (κ3) is 3.80. The predicted molar refractivity (Wildman–Crippen MR) is 83.5 cm³/mol. The van der Waals surface area contributed by atoms with E-state index in [9.17, 15) is 19.5 Å². The first-order valence-electron chi connectivity index (χ1n) is 7.43. The molecule has 7 heteroatoms. The topological polar surface area (TPSA) is 105 Å². The normalized spacial score (nSPS) is 17.7. The number of hydrogen-bond donors (Lipinski definition) is 3. The zero-order valence-corrected chi connectivity index (χ0v) is 13.3. The van der Waals surface area contributed by atoms with Gasteiger partial charge >= 0.3 is 5.97 Å². The van der Waals surface area contributed by atoms with Crippen molar-refractivity contribution in [2.24, 2.45) is 5.92 Å². The van der Waals surface area contributed by atoms with Crippen molar-refractivity contribution >= 4 is 23.5 Å². The van der Waals surface area contributed by atoms with Crippen molar-refractivity contribution in [1.82, 2.24) is 5.32 Å². The molecule has 0 saturated carbocycles. The van der Waals surface area contributed by atoms with Crippen LogP contribution in [0, 0.1) is 5.92 Å². The summed E-state index contributed by atoms with van der Waals surface area (Å²) in [6.45, 7) is 5.34. The molecule has 7 nitrogen and oxygen atoms in total. The lowest BCUT2D eigenvalue weighted by atomic mass is 10.0. The van der Waals surface area contributed by atoms with Gasteiger partial charge in [0, 0.05) is 0 Å². The largest absolute Gasteiger partial charge is 0.480 e. The summed E-state index contributed by atoms with van der Waals surface area (Å²) in [6, 6.07) is 3.78. The van der Waals surface area contributed by atoms with Crippen LogP contribution in [0.3, 0.4) is 0 Å². The number of ether oxygens (including phenoxy) is 1. The standard InChI is InChI=1S/C16H20N2O5/c1-8(2)7-12(16(21)22)18-15(20)10-5-4-6-11-13(10)23-9(3)14(19)17-11/h4-6,8-9,12H,7H2,1-3H3,(H,17,19)(H,18,20)(H,21,22)/t9?,12-/m1/s1. The van der Waals surface area contributed by atoms with E-state index in [1.807, 2.05) is 13.8 Å². The number of carboxylic acid groups (broad SMARTS) is 1. The number of carboxylic acids is 1. The van der Waals surface area contributed by atoms with Crippen LogP contribution < -0.4 is 15.4 Å². The maximum Gasteiger partial charge on any atom is 0.326 e. The highest BCUT2D eigenvalue weighted by atomic mass is 16.5. The molecule has 0 aromatic heterocycles. The summed E-state index contributed by atoms with van der Waals surface area (Å²) in [4.78, 5) is 35.3. The van der Waals surface area contributed by atoms with E-state index >= 15 is 0 Å². The van der Waals surface area contributed by atoms with Gasteiger partial charge in [-0.05, 0) is 31.4 Å². The Morgan fingerprint density at radius 3 is 2.70 bits per heavy atom. The molecule has 124 valence electrons. The average molecular weight is 320 g/mol. The number of nitrogens with one attached hydrogen (secondary N) is 2. The molecule has 1 aliphatic rings. The quantitative estimate of drug-likeness (QED) is 0.765. The summed E-state index contributed by atoms with van der Waals surface area (Å²) in [5.74, 6) is -1.54. The van der Waals surface area contributed by atoms with Gasteiger partial charge in [0.1, 0.15) is 6.04 Å². The zero-order valence-electron chi connectivity index (χ0n) is 13.3. The smallest absolute Gasteiger partial charge is 0.326 e. The van der Waals surface area contributed by atoms with Crippen molar-refractivity contribution in [2.45, 2.75) is 39.3 Å². The van der Waals surface area contributed by atoms with Crippen LogP contribution in [0.15, 0.2) is 18.2 Å². The van der Waals surface area contributed by atoms with Gasteiger partial charge in [0.2, 0.25) is 0 Å². The van der Waals surface area contributed by atoms with Crippen molar-refractivity contribution in [3.05, 3.63) is 23.8 Å². The molecule has 0 fully saturated rings. The maximum absolute atomic E-state index is 12.4. The van der Waals surface area contributed by atoms with Crippen LogP contribution in [0.2, 0.25) is 0 Å². The van der Waals surface area contributed by atoms with Gasteiger partial charge in [0.25, 0.3) is 11.8 Å². The Morgan fingerprint density at radius 2 is 2.09 bits per heavy atom. The predicted octanol–water partition coefficient (Wildman–Crippen LogP) is 1.64. The number of fused-ring (bicyclic) bond motifs is 1. The first-order valence-corrected chi connectivity index (χ1v) is 7.43. The van der Waals surface area contributed by atoms with E-state index in [0.29, 0.717) is 12.1 Å². The van der Waals surface area contributed by atoms with Gasteiger partial charge in [0.15, 0.2) is 11.9 Å². The van der Waals surface area contributed by atoms with E-state index in [2.05, 4.69) is 10.6 Å². The number of hydrogen-bond acceptors (Lipinski definition) is 4. The molecule has 0 spiro atoms. The lowest BCUT2D eigenvalue weighted by molar-refractivity contribution is -0.139. The summed E-state index contributed by atoms with van der Waals surface area (Å²) >= 11 is 0. The molecule has 2 amide bonds. The van der Waals surface area contributed by atoms with Crippen molar-refractivity contribution < 1.29 is 24.2 Å². The molecule has 2 atom stereocenters. The van der Waals surface area contributed by atoms with Crippen molar-refractivity contribution in [1.29, 1.82) is 0 Å². The van der Waals surface area contributed by atoms with Gasteiger partial charge < -0.3 is 20.5 Å². The summed E-state index contributed by atoms with van der Waals surface area (Å²) in [5, 5.41) is 14.4. The minimum atomic E-state index is -1.08. The minimum Gasteiger partial charge on any atom is -0.480 e.